The third-order valence-corrected chi connectivity index (χ3v) is 3.10. The van der Waals surface area contributed by atoms with Gasteiger partial charge in [-0.15, -0.1) is 0 Å². The largest absolute Gasteiger partial charge is 0.480 e. The Bertz CT molecular complexity index is 321. The van der Waals surface area contributed by atoms with Crippen LogP contribution in [-0.4, -0.2) is 39.8 Å². The van der Waals surface area contributed by atoms with E-state index in [1.807, 2.05) is 6.92 Å². The summed E-state index contributed by atoms with van der Waals surface area (Å²) < 4.78 is 5.31. The zero-order valence-electron chi connectivity index (χ0n) is 11.6. The maximum Gasteiger partial charge on any atom is 0.411 e. The molecule has 0 aromatic heterocycles. The smallest absolute Gasteiger partial charge is 0.411 e. The van der Waals surface area contributed by atoms with Crippen molar-refractivity contribution in [2.75, 3.05) is 0 Å². The summed E-state index contributed by atoms with van der Waals surface area (Å²) >= 11 is 0. The standard InChI is InChI=1S/C13H23NO4/c1-5-9-7-6-8-10(11(15)16)14(9)12(17)18-13(2,3)4/h9-10H,5-8H2,1-4H3,(H,15,16). The van der Waals surface area contributed by atoms with Gasteiger partial charge in [0, 0.05) is 6.04 Å². The van der Waals surface area contributed by atoms with E-state index in [4.69, 9.17) is 4.74 Å². The number of rotatable bonds is 2. The number of carboxylic acids is 1. The highest BCUT2D eigenvalue weighted by atomic mass is 16.6. The molecule has 5 nitrogen and oxygen atoms in total. The number of nitrogens with zero attached hydrogens (tertiary/aromatic N) is 1. The van der Waals surface area contributed by atoms with Gasteiger partial charge in [-0.25, -0.2) is 9.59 Å². The van der Waals surface area contributed by atoms with Crippen LogP contribution in [-0.2, 0) is 9.53 Å². The molecule has 2 atom stereocenters. The average Bonchev–Trinajstić information content (AvgIpc) is 2.25. The third-order valence-electron chi connectivity index (χ3n) is 3.10. The molecule has 1 saturated heterocycles. The van der Waals surface area contributed by atoms with E-state index in [-0.39, 0.29) is 6.04 Å². The molecule has 0 radical (unpaired) electrons. The fourth-order valence-electron chi connectivity index (χ4n) is 2.31. The first-order valence-corrected chi connectivity index (χ1v) is 6.50. The van der Waals surface area contributed by atoms with Gasteiger partial charge < -0.3 is 9.84 Å². The molecule has 5 heteroatoms. The summed E-state index contributed by atoms with van der Waals surface area (Å²) in [7, 11) is 0. The number of aliphatic carboxylic acids is 1. The van der Waals surface area contributed by atoms with Gasteiger partial charge in [0.2, 0.25) is 0 Å². The Balaban J connectivity index is 2.88. The van der Waals surface area contributed by atoms with Crippen molar-refractivity contribution in [3.63, 3.8) is 0 Å². The van der Waals surface area contributed by atoms with Crippen LogP contribution in [0.1, 0.15) is 53.4 Å². The van der Waals surface area contributed by atoms with Crippen molar-refractivity contribution in [2.45, 2.75) is 71.1 Å². The Kier molecular flexibility index (Phi) is 4.59. The molecule has 2 unspecified atom stereocenters. The van der Waals surface area contributed by atoms with E-state index < -0.39 is 23.7 Å². The van der Waals surface area contributed by atoms with Crippen molar-refractivity contribution < 1.29 is 19.4 Å². The van der Waals surface area contributed by atoms with Gasteiger partial charge in [-0.05, 0) is 46.5 Å². The van der Waals surface area contributed by atoms with E-state index in [1.165, 1.54) is 4.90 Å². The van der Waals surface area contributed by atoms with E-state index >= 15 is 0 Å². The molecule has 0 aromatic rings. The lowest BCUT2D eigenvalue weighted by Gasteiger charge is -2.40. The third kappa shape index (κ3) is 3.62. The lowest BCUT2D eigenvalue weighted by Crippen LogP contribution is -2.54. The first-order chi connectivity index (χ1) is 8.26. The van der Waals surface area contributed by atoms with E-state index in [2.05, 4.69) is 0 Å². The minimum Gasteiger partial charge on any atom is -0.480 e. The second-order valence-electron chi connectivity index (χ2n) is 5.73. The Morgan fingerprint density at radius 3 is 2.39 bits per heavy atom. The summed E-state index contributed by atoms with van der Waals surface area (Å²) in [6, 6.07) is -0.784. The monoisotopic (exact) mass is 257 g/mol. The summed E-state index contributed by atoms with van der Waals surface area (Å²) in [5.74, 6) is -0.945. The molecule has 0 aromatic carbocycles. The van der Waals surface area contributed by atoms with Crippen molar-refractivity contribution in [3.8, 4) is 0 Å². The van der Waals surface area contributed by atoms with Crippen LogP contribution in [0.4, 0.5) is 4.79 Å². The Hall–Kier alpha value is -1.26. The Labute approximate surface area is 108 Å². The molecular formula is C13H23NO4. The van der Waals surface area contributed by atoms with Gasteiger partial charge >= 0.3 is 12.1 Å². The summed E-state index contributed by atoms with van der Waals surface area (Å²) in [5.41, 5.74) is -0.601. The molecule has 0 spiro atoms. The highest BCUT2D eigenvalue weighted by Gasteiger charge is 2.39. The highest BCUT2D eigenvalue weighted by molar-refractivity contribution is 5.80. The number of likely N-dealkylation sites (tertiary alicyclic amines) is 1. The summed E-state index contributed by atoms with van der Waals surface area (Å²) in [4.78, 5) is 24.8. The predicted octanol–water partition coefficient (Wildman–Crippen LogP) is 2.64. The molecule has 104 valence electrons. The van der Waals surface area contributed by atoms with Crippen molar-refractivity contribution in [2.24, 2.45) is 0 Å². The molecular weight excluding hydrogens is 234 g/mol. The Morgan fingerprint density at radius 1 is 1.33 bits per heavy atom. The van der Waals surface area contributed by atoms with Gasteiger partial charge in [-0.3, -0.25) is 4.90 Å². The molecule has 1 aliphatic rings. The molecule has 0 bridgehead atoms. The van der Waals surface area contributed by atoms with E-state index in [0.29, 0.717) is 6.42 Å². The number of hydrogen-bond donors (Lipinski definition) is 1. The first kappa shape index (κ1) is 14.8. The average molecular weight is 257 g/mol. The Morgan fingerprint density at radius 2 is 1.94 bits per heavy atom. The minimum absolute atomic E-state index is 0.0327. The van der Waals surface area contributed by atoms with Crippen LogP contribution in [0.25, 0.3) is 0 Å². The maximum absolute atomic E-state index is 12.1. The lowest BCUT2D eigenvalue weighted by molar-refractivity contribution is -0.145. The molecule has 1 amide bonds. The van der Waals surface area contributed by atoms with Gasteiger partial charge in [0.15, 0.2) is 0 Å². The van der Waals surface area contributed by atoms with Crippen molar-refractivity contribution in [1.29, 1.82) is 0 Å². The van der Waals surface area contributed by atoms with E-state index in [1.54, 1.807) is 20.8 Å². The normalized spacial score (nSPS) is 24.8. The predicted molar refractivity (Wildman–Crippen MR) is 67.4 cm³/mol. The zero-order chi connectivity index (χ0) is 13.9. The van der Waals surface area contributed by atoms with Gasteiger partial charge in [0.1, 0.15) is 11.6 Å². The number of carbonyl (C=O) groups excluding carboxylic acids is 1. The number of piperidine rings is 1. The number of carbonyl (C=O) groups is 2. The molecule has 0 saturated carbocycles. The van der Waals surface area contributed by atoms with Gasteiger partial charge in [-0.1, -0.05) is 6.92 Å². The molecule has 1 fully saturated rings. The van der Waals surface area contributed by atoms with Crippen LogP contribution in [0.3, 0.4) is 0 Å². The van der Waals surface area contributed by atoms with Crippen LogP contribution in [0.2, 0.25) is 0 Å². The first-order valence-electron chi connectivity index (χ1n) is 6.50. The molecule has 0 aliphatic carbocycles. The van der Waals surface area contributed by atoms with Gasteiger partial charge in [0.05, 0.1) is 0 Å². The molecule has 1 N–H and O–H groups in total. The number of carboxylic acid groups (broad SMARTS) is 1. The highest BCUT2D eigenvalue weighted by Crippen LogP contribution is 2.27. The van der Waals surface area contributed by atoms with Crippen LogP contribution in [0.15, 0.2) is 0 Å². The van der Waals surface area contributed by atoms with Gasteiger partial charge in [0.25, 0.3) is 0 Å². The van der Waals surface area contributed by atoms with Crippen molar-refractivity contribution in [1.82, 2.24) is 4.90 Å². The summed E-state index contributed by atoms with van der Waals surface area (Å²) in [6.07, 6.45) is 2.43. The second kappa shape index (κ2) is 5.59. The van der Waals surface area contributed by atoms with E-state index in [9.17, 15) is 14.7 Å². The fourth-order valence-corrected chi connectivity index (χ4v) is 2.31. The van der Waals surface area contributed by atoms with E-state index in [0.717, 1.165) is 19.3 Å². The van der Waals surface area contributed by atoms with Crippen LogP contribution in [0, 0.1) is 0 Å². The van der Waals surface area contributed by atoms with Crippen molar-refractivity contribution in [3.05, 3.63) is 0 Å². The van der Waals surface area contributed by atoms with Crippen LogP contribution < -0.4 is 0 Å². The maximum atomic E-state index is 12.1. The van der Waals surface area contributed by atoms with Crippen LogP contribution >= 0.6 is 0 Å². The molecule has 1 aliphatic heterocycles. The quantitative estimate of drug-likeness (QED) is 0.825. The number of ether oxygens (including phenoxy) is 1. The number of hydrogen-bond acceptors (Lipinski definition) is 3. The number of amides is 1. The summed E-state index contributed by atoms with van der Waals surface area (Å²) in [6.45, 7) is 7.31. The summed E-state index contributed by atoms with van der Waals surface area (Å²) in [5, 5.41) is 9.22. The van der Waals surface area contributed by atoms with Gasteiger partial charge in [-0.2, -0.15) is 0 Å². The lowest BCUT2D eigenvalue weighted by atomic mass is 9.94. The molecule has 1 rings (SSSR count). The zero-order valence-corrected chi connectivity index (χ0v) is 11.6. The second-order valence-corrected chi connectivity index (χ2v) is 5.73. The SMILES string of the molecule is CCC1CCCC(C(=O)O)N1C(=O)OC(C)(C)C. The van der Waals surface area contributed by atoms with Crippen molar-refractivity contribution >= 4 is 12.1 Å². The fraction of sp³-hybridized carbons (Fsp3) is 0.846. The molecule has 1 heterocycles. The minimum atomic E-state index is -0.945. The van der Waals surface area contributed by atoms with Crippen LogP contribution in [0.5, 0.6) is 0 Å². The topological polar surface area (TPSA) is 66.8 Å². The molecule has 18 heavy (non-hydrogen) atoms.